The summed E-state index contributed by atoms with van der Waals surface area (Å²) in [4.78, 5) is 13.3. The molecule has 0 radical (unpaired) electrons. The number of aliphatic imine (C=N–C) groups is 2. The number of hydrogen-bond donors (Lipinski definition) is 1. The van der Waals surface area contributed by atoms with Crippen LogP contribution in [0.25, 0.3) is 6.08 Å². The molecule has 0 saturated heterocycles. The molecule has 0 aromatic heterocycles. The van der Waals surface area contributed by atoms with Gasteiger partial charge in [0.25, 0.3) is 0 Å². The highest BCUT2D eigenvalue weighted by Gasteiger charge is 2.24. The highest BCUT2D eigenvalue weighted by Crippen LogP contribution is 2.26. The third kappa shape index (κ3) is 3.32. The maximum Gasteiger partial charge on any atom is 0.148 e. The van der Waals surface area contributed by atoms with Crippen molar-refractivity contribution in [2.24, 2.45) is 15.0 Å². The molecule has 26 heavy (non-hydrogen) atoms. The molecule has 2 aliphatic rings. The van der Waals surface area contributed by atoms with E-state index in [1.54, 1.807) is 0 Å². The van der Waals surface area contributed by atoms with Gasteiger partial charge >= 0.3 is 0 Å². The molecule has 1 N–H and O–H groups in total. The monoisotopic (exact) mass is 385 g/mol. The maximum atomic E-state index is 10.7. The van der Waals surface area contributed by atoms with Crippen molar-refractivity contribution in [3.63, 3.8) is 0 Å². The van der Waals surface area contributed by atoms with Crippen molar-refractivity contribution in [1.29, 1.82) is 0 Å². The zero-order chi connectivity index (χ0) is 18.1. The van der Waals surface area contributed by atoms with Crippen LogP contribution >= 0.6 is 23.2 Å². The molecule has 0 saturated carbocycles. The Balaban J connectivity index is 1.76. The molecule has 4 rings (SSSR count). The lowest BCUT2D eigenvalue weighted by Crippen LogP contribution is -2.31. The fraction of sp³-hybridized carbons (Fsp3) is 0.250. The topological polar surface area (TPSA) is 57.3 Å². The summed E-state index contributed by atoms with van der Waals surface area (Å²) in [5, 5.41) is 13.2. The van der Waals surface area contributed by atoms with Crippen LogP contribution in [0, 0.1) is 0 Å². The minimum absolute atomic E-state index is 0.0621. The van der Waals surface area contributed by atoms with Gasteiger partial charge in [-0.2, -0.15) is 0 Å². The van der Waals surface area contributed by atoms with Crippen molar-refractivity contribution in [3.8, 4) is 0 Å². The fourth-order valence-electron chi connectivity index (χ4n) is 3.23. The van der Waals surface area contributed by atoms with E-state index in [4.69, 9.17) is 28.2 Å². The molecule has 2 unspecified atom stereocenters. The summed E-state index contributed by atoms with van der Waals surface area (Å²) in [6.07, 6.45) is 1.94. The smallest absolute Gasteiger partial charge is 0.148 e. The first-order valence-corrected chi connectivity index (χ1v) is 9.24. The van der Waals surface area contributed by atoms with Gasteiger partial charge in [0.15, 0.2) is 0 Å². The molecule has 2 aromatic rings. The van der Waals surface area contributed by atoms with Crippen LogP contribution in [0.1, 0.15) is 29.7 Å². The second-order valence-corrected chi connectivity index (χ2v) is 7.04. The van der Waals surface area contributed by atoms with Gasteiger partial charge in [0.2, 0.25) is 0 Å². The van der Waals surface area contributed by atoms with Gasteiger partial charge < -0.3 is 5.11 Å². The SMILES string of the molecule is OC(C1=NCCN=C1Cl)c1cc2c(cc1Cl)=CCC(c1ccccc1)N=2. The standard InChI is InChI=1S/C20H17Cl2N3O/c21-15-10-13-6-7-16(12-4-2-1-3-5-12)25-17(13)11-14(15)19(26)18-20(22)24-9-8-23-18/h1-6,10-11,16,19,26H,7-9H2. The van der Waals surface area contributed by atoms with Crippen LogP contribution in [0.3, 0.4) is 0 Å². The summed E-state index contributed by atoms with van der Waals surface area (Å²) in [6.45, 7) is 1.05. The van der Waals surface area contributed by atoms with Crippen molar-refractivity contribution in [1.82, 2.24) is 0 Å². The van der Waals surface area contributed by atoms with Gasteiger partial charge in [-0.25, -0.2) is 0 Å². The molecule has 0 spiro atoms. The summed E-state index contributed by atoms with van der Waals surface area (Å²) < 4.78 is 0. The van der Waals surface area contributed by atoms with Crippen LogP contribution < -0.4 is 10.6 Å². The van der Waals surface area contributed by atoms with Gasteiger partial charge in [0.1, 0.15) is 17.0 Å². The highest BCUT2D eigenvalue weighted by atomic mass is 35.5. The summed E-state index contributed by atoms with van der Waals surface area (Å²) >= 11 is 12.5. The molecular formula is C20H17Cl2N3O. The molecule has 132 valence electrons. The number of rotatable bonds is 3. The van der Waals surface area contributed by atoms with Gasteiger partial charge in [-0.3, -0.25) is 15.0 Å². The average molecular weight is 386 g/mol. The number of nitrogens with zero attached hydrogens (tertiary/aromatic N) is 3. The molecule has 0 bridgehead atoms. The van der Waals surface area contributed by atoms with E-state index in [1.165, 1.54) is 5.56 Å². The van der Waals surface area contributed by atoms with Crippen LogP contribution in [-0.2, 0) is 0 Å². The lowest BCUT2D eigenvalue weighted by Gasteiger charge is -2.19. The van der Waals surface area contributed by atoms with Crippen LogP contribution in [-0.4, -0.2) is 29.1 Å². The van der Waals surface area contributed by atoms with Gasteiger partial charge in [-0.05, 0) is 29.3 Å². The molecular weight excluding hydrogens is 369 g/mol. The summed E-state index contributed by atoms with van der Waals surface area (Å²) in [7, 11) is 0. The minimum atomic E-state index is -1.02. The average Bonchev–Trinajstić information content (AvgIpc) is 2.68. The summed E-state index contributed by atoms with van der Waals surface area (Å²) in [6, 6.07) is 13.9. The Morgan fingerprint density at radius 2 is 1.81 bits per heavy atom. The molecule has 0 aliphatic carbocycles. The van der Waals surface area contributed by atoms with E-state index in [9.17, 15) is 5.11 Å². The third-order valence-electron chi connectivity index (χ3n) is 4.58. The maximum absolute atomic E-state index is 10.7. The van der Waals surface area contributed by atoms with E-state index in [0.29, 0.717) is 29.4 Å². The summed E-state index contributed by atoms with van der Waals surface area (Å²) in [5.74, 6) is 0. The van der Waals surface area contributed by atoms with Crippen LogP contribution in [0.15, 0.2) is 57.4 Å². The number of hydrogen-bond acceptors (Lipinski definition) is 4. The Morgan fingerprint density at radius 3 is 2.58 bits per heavy atom. The first-order chi connectivity index (χ1) is 12.6. The number of benzene rings is 2. The Hall–Kier alpha value is -2.01. The fourth-order valence-corrected chi connectivity index (χ4v) is 3.76. The van der Waals surface area contributed by atoms with E-state index in [2.05, 4.69) is 28.2 Å². The van der Waals surface area contributed by atoms with Gasteiger partial charge in [-0.1, -0.05) is 59.6 Å². The molecule has 2 heterocycles. The zero-order valence-corrected chi connectivity index (χ0v) is 15.5. The Morgan fingerprint density at radius 1 is 1.04 bits per heavy atom. The summed E-state index contributed by atoms with van der Waals surface area (Å²) in [5.41, 5.74) is 2.07. The van der Waals surface area contributed by atoms with Crippen molar-refractivity contribution < 1.29 is 5.11 Å². The minimum Gasteiger partial charge on any atom is -0.382 e. The highest BCUT2D eigenvalue weighted by molar-refractivity contribution is 6.84. The molecule has 0 fully saturated rings. The van der Waals surface area contributed by atoms with Gasteiger partial charge in [-0.15, -0.1) is 0 Å². The van der Waals surface area contributed by atoms with Crippen molar-refractivity contribution in [2.75, 3.05) is 13.1 Å². The first kappa shape index (κ1) is 17.4. The Bertz CT molecular complexity index is 1020. The number of aliphatic hydroxyl groups is 1. The van der Waals surface area contributed by atoms with E-state index < -0.39 is 6.10 Å². The Labute approximate surface area is 161 Å². The predicted octanol–water partition coefficient (Wildman–Crippen LogP) is 3.01. The van der Waals surface area contributed by atoms with E-state index in [-0.39, 0.29) is 11.2 Å². The lowest BCUT2D eigenvalue weighted by molar-refractivity contribution is 0.249. The molecule has 2 aromatic carbocycles. The largest absolute Gasteiger partial charge is 0.382 e. The van der Waals surface area contributed by atoms with Gasteiger partial charge in [0.05, 0.1) is 24.5 Å². The molecule has 6 heteroatoms. The molecule has 2 atom stereocenters. The first-order valence-electron chi connectivity index (χ1n) is 8.48. The number of aliphatic hydroxyl groups excluding tert-OH is 1. The predicted molar refractivity (Wildman–Crippen MR) is 106 cm³/mol. The van der Waals surface area contributed by atoms with E-state index in [1.807, 2.05) is 30.3 Å². The molecule has 0 amide bonds. The number of fused-ring (bicyclic) bond motifs is 1. The lowest BCUT2D eigenvalue weighted by atomic mass is 9.99. The molecule has 2 aliphatic heterocycles. The number of halogens is 2. The second-order valence-electron chi connectivity index (χ2n) is 6.27. The Kier molecular flexibility index (Phi) is 4.90. The van der Waals surface area contributed by atoms with E-state index in [0.717, 1.165) is 17.0 Å². The van der Waals surface area contributed by atoms with Crippen LogP contribution in [0.5, 0.6) is 0 Å². The van der Waals surface area contributed by atoms with E-state index >= 15 is 0 Å². The van der Waals surface area contributed by atoms with Crippen LogP contribution in [0.2, 0.25) is 5.02 Å². The third-order valence-corrected chi connectivity index (χ3v) is 5.22. The van der Waals surface area contributed by atoms with Crippen molar-refractivity contribution in [2.45, 2.75) is 18.6 Å². The molecule has 4 nitrogen and oxygen atoms in total. The quantitative estimate of drug-likeness (QED) is 0.867. The van der Waals surface area contributed by atoms with Crippen molar-refractivity contribution in [3.05, 3.63) is 69.2 Å². The van der Waals surface area contributed by atoms with Crippen molar-refractivity contribution >= 4 is 40.2 Å². The normalized spacial score (nSPS) is 20.2. The second kappa shape index (κ2) is 7.31. The van der Waals surface area contributed by atoms with Crippen LogP contribution in [0.4, 0.5) is 0 Å². The zero-order valence-electron chi connectivity index (χ0n) is 13.9. The van der Waals surface area contributed by atoms with Gasteiger partial charge in [0, 0.05) is 10.6 Å².